The van der Waals surface area contributed by atoms with Gasteiger partial charge in [-0.25, -0.2) is 8.42 Å². The Hall–Kier alpha value is -0.950. The molecule has 0 bridgehead atoms. The fourth-order valence-electron chi connectivity index (χ4n) is 2.45. The molecule has 1 heterocycles. The lowest BCUT2D eigenvalue weighted by atomic mass is 10.1. The first-order valence-corrected chi connectivity index (χ1v) is 8.79. The fourth-order valence-corrected chi connectivity index (χ4v) is 3.65. The van der Waals surface area contributed by atoms with Crippen molar-refractivity contribution in [2.24, 2.45) is 0 Å². The minimum absolute atomic E-state index is 0.0275. The number of rotatable bonds is 7. The zero-order chi connectivity index (χ0) is 15.3. The van der Waals surface area contributed by atoms with Crippen molar-refractivity contribution in [3.63, 3.8) is 0 Å². The molecule has 1 aromatic rings. The largest absolute Gasteiger partial charge is 0.377 e. The number of nitrogens with zero attached hydrogens (tertiary/aromatic N) is 1. The first-order valence-electron chi connectivity index (χ1n) is 7.35. The molecule has 0 amide bonds. The molecule has 118 valence electrons. The van der Waals surface area contributed by atoms with Crippen LogP contribution in [0.25, 0.3) is 0 Å². The second kappa shape index (κ2) is 7.35. The molecular weight excluding hydrogens is 288 g/mol. The zero-order valence-electron chi connectivity index (χ0n) is 12.7. The van der Waals surface area contributed by atoms with E-state index in [2.05, 4.69) is 5.32 Å². The molecule has 6 heteroatoms. The highest BCUT2D eigenvalue weighted by atomic mass is 32.2. The summed E-state index contributed by atoms with van der Waals surface area (Å²) in [6.45, 7) is 2.04. The van der Waals surface area contributed by atoms with Crippen LogP contribution in [0.4, 0.5) is 0 Å². The van der Waals surface area contributed by atoms with E-state index in [1.54, 1.807) is 19.2 Å². The smallest absolute Gasteiger partial charge is 0.242 e. The van der Waals surface area contributed by atoms with Crippen molar-refractivity contribution in [3.05, 3.63) is 29.8 Å². The first kappa shape index (κ1) is 16.4. The third-order valence-corrected chi connectivity index (χ3v) is 5.62. The molecule has 0 radical (unpaired) electrons. The SMILES string of the molecule is CNCCc1ccc(S(=O)(=O)N(C)CC2CCCO2)cc1. The van der Waals surface area contributed by atoms with Crippen LogP contribution in [0.15, 0.2) is 29.2 Å². The molecular formula is C15H24N2O3S. The van der Waals surface area contributed by atoms with Crippen LogP contribution in [-0.4, -0.2) is 52.6 Å². The van der Waals surface area contributed by atoms with Gasteiger partial charge in [-0.15, -0.1) is 0 Å². The van der Waals surface area contributed by atoms with Crippen molar-refractivity contribution in [1.82, 2.24) is 9.62 Å². The van der Waals surface area contributed by atoms with Crippen LogP contribution in [-0.2, 0) is 21.2 Å². The van der Waals surface area contributed by atoms with E-state index < -0.39 is 10.0 Å². The highest BCUT2D eigenvalue weighted by Gasteiger charge is 2.25. The Morgan fingerprint density at radius 3 is 2.62 bits per heavy atom. The summed E-state index contributed by atoms with van der Waals surface area (Å²) >= 11 is 0. The van der Waals surface area contributed by atoms with Crippen LogP contribution < -0.4 is 5.32 Å². The van der Waals surface area contributed by atoms with Gasteiger partial charge in [0.05, 0.1) is 11.0 Å². The van der Waals surface area contributed by atoms with Gasteiger partial charge in [-0.1, -0.05) is 12.1 Å². The van der Waals surface area contributed by atoms with E-state index in [1.807, 2.05) is 19.2 Å². The van der Waals surface area contributed by atoms with E-state index in [9.17, 15) is 8.42 Å². The number of sulfonamides is 1. The van der Waals surface area contributed by atoms with Crippen molar-refractivity contribution in [1.29, 1.82) is 0 Å². The summed E-state index contributed by atoms with van der Waals surface area (Å²) in [5.74, 6) is 0. The van der Waals surface area contributed by atoms with E-state index in [1.165, 1.54) is 4.31 Å². The van der Waals surface area contributed by atoms with Crippen LogP contribution in [0.1, 0.15) is 18.4 Å². The molecule has 1 unspecified atom stereocenters. The molecule has 1 aromatic carbocycles. The fraction of sp³-hybridized carbons (Fsp3) is 0.600. The first-order chi connectivity index (χ1) is 10.0. The average Bonchev–Trinajstić information content (AvgIpc) is 2.98. The summed E-state index contributed by atoms with van der Waals surface area (Å²) in [4.78, 5) is 0.344. The normalized spacial score (nSPS) is 19.3. The monoisotopic (exact) mass is 312 g/mol. The highest BCUT2D eigenvalue weighted by Crippen LogP contribution is 2.19. The van der Waals surface area contributed by atoms with E-state index in [0.29, 0.717) is 11.4 Å². The van der Waals surface area contributed by atoms with Gasteiger partial charge in [-0.3, -0.25) is 0 Å². The summed E-state index contributed by atoms with van der Waals surface area (Å²) in [6.07, 6.45) is 2.86. The summed E-state index contributed by atoms with van der Waals surface area (Å²) in [6, 6.07) is 7.13. The maximum Gasteiger partial charge on any atom is 0.242 e. The van der Waals surface area contributed by atoms with Crippen LogP contribution in [0.2, 0.25) is 0 Å². The minimum Gasteiger partial charge on any atom is -0.377 e. The molecule has 0 aromatic heterocycles. The van der Waals surface area contributed by atoms with E-state index in [0.717, 1.165) is 38.0 Å². The maximum absolute atomic E-state index is 12.5. The molecule has 0 aliphatic carbocycles. The molecule has 1 fully saturated rings. The van der Waals surface area contributed by atoms with Gasteiger partial charge in [0, 0.05) is 20.2 Å². The Labute approximate surface area is 127 Å². The summed E-state index contributed by atoms with van der Waals surface area (Å²) in [5, 5.41) is 3.08. The predicted molar refractivity (Wildman–Crippen MR) is 82.9 cm³/mol. The minimum atomic E-state index is -3.43. The second-order valence-corrected chi connectivity index (χ2v) is 7.46. The van der Waals surface area contributed by atoms with Gasteiger partial charge in [0.15, 0.2) is 0 Å². The lowest BCUT2D eigenvalue weighted by Crippen LogP contribution is -2.34. The molecule has 1 aliphatic heterocycles. The number of nitrogens with one attached hydrogen (secondary N) is 1. The van der Waals surface area contributed by atoms with E-state index >= 15 is 0 Å². The predicted octanol–water partition coefficient (Wildman–Crippen LogP) is 1.25. The maximum atomic E-state index is 12.5. The van der Waals surface area contributed by atoms with Crippen molar-refractivity contribution in [2.75, 3.05) is 33.8 Å². The van der Waals surface area contributed by atoms with Gasteiger partial charge in [0.1, 0.15) is 0 Å². The molecule has 0 spiro atoms. The van der Waals surface area contributed by atoms with E-state index in [-0.39, 0.29) is 6.10 Å². The number of likely N-dealkylation sites (N-methyl/N-ethyl adjacent to an activating group) is 2. The summed E-state index contributed by atoms with van der Waals surface area (Å²) < 4.78 is 31.9. The van der Waals surface area contributed by atoms with Crippen LogP contribution in [0.5, 0.6) is 0 Å². The molecule has 21 heavy (non-hydrogen) atoms. The van der Waals surface area contributed by atoms with Crippen LogP contribution in [0.3, 0.4) is 0 Å². The highest BCUT2D eigenvalue weighted by molar-refractivity contribution is 7.89. The number of ether oxygens (including phenoxy) is 1. The topological polar surface area (TPSA) is 58.6 Å². The Morgan fingerprint density at radius 2 is 2.05 bits per heavy atom. The number of benzene rings is 1. The van der Waals surface area contributed by atoms with Crippen molar-refractivity contribution < 1.29 is 13.2 Å². The molecule has 1 atom stereocenters. The van der Waals surface area contributed by atoms with Crippen molar-refractivity contribution in [2.45, 2.75) is 30.3 Å². The summed E-state index contributed by atoms with van der Waals surface area (Å²) in [5.41, 5.74) is 1.13. The summed E-state index contributed by atoms with van der Waals surface area (Å²) in [7, 11) is 0.0926. The second-order valence-electron chi connectivity index (χ2n) is 5.42. The van der Waals surface area contributed by atoms with Gasteiger partial charge in [0.2, 0.25) is 10.0 Å². The standard InChI is InChI=1S/C15H24N2O3S/c1-16-10-9-13-5-7-15(8-6-13)21(18,19)17(2)12-14-4-3-11-20-14/h5-8,14,16H,3-4,9-12H2,1-2H3. The van der Waals surface area contributed by atoms with Crippen molar-refractivity contribution >= 4 is 10.0 Å². The Morgan fingerprint density at radius 1 is 1.33 bits per heavy atom. The van der Waals surface area contributed by atoms with Gasteiger partial charge in [-0.05, 0) is 50.6 Å². The lowest BCUT2D eigenvalue weighted by Gasteiger charge is -2.20. The van der Waals surface area contributed by atoms with Gasteiger partial charge in [-0.2, -0.15) is 4.31 Å². The lowest BCUT2D eigenvalue weighted by molar-refractivity contribution is 0.0979. The van der Waals surface area contributed by atoms with Crippen LogP contribution in [0, 0.1) is 0 Å². The average molecular weight is 312 g/mol. The van der Waals surface area contributed by atoms with Gasteiger partial charge in [0.25, 0.3) is 0 Å². The third kappa shape index (κ3) is 4.26. The molecule has 1 saturated heterocycles. The van der Waals surface area contributed by atoms with Gasteiger partial charge >= 0.3 is 0 Å². The molecule has 0 saturated carbocycles. The quantitative estimate of drug-likeness (QED) is 0.823. The molecule has 1 aliphatic rings. The Balaban J connectivity index is 2.03. The van der Waals surface area contributed by atoms with Gasteiger partial charge < -0.3 is 10.1 Å². The molecule has 5 nitrogen and oxygen atoms in total. The van der Waals surface area contributed by atoms with Crippen molar-refractivity contribution in [3.8, 4) is 0 Å². The number of hydrogen-bond acceptors (Lipinski definition) is 4. The third-order valence-electron chi connectivity index (χ3n) is 3.78. The molecule has 1 N–H and O–H groups in total. The van der Waals surface area contributed by atoms with Crippen LogP contribution >= 0.6 is 0 Å². The molecule has 2 rings (SSSR count). The Bertz CT molecular complexity index is 537. The van der Waals surface area contributed by atoms with E-state index in [4.69, 9.17) is 4.74 Å². The zero-order valence-corrected chi connectivity index (χ0v) is 13.5. The number of hydrogen-bond donors (Lipinski definition) is 1. The Kier molecular flexibility index (Phi) is 5.75.